The molecule has 1 heterocycles. The molecule has 1 aliphatic heterocycles. The number of ether oxygens (including phenoxy) is 2. The molecule has 1 aromatic rings. The summed E-state index contributed by atoms with van der Waals surface area (Å²) >= 11 is 0. The van der Waals surface area contributed by atoms with E-state index in [2.05, 4.69) is 5.32 Å². The van der Waals surface area contributed by atoms with Crippen LogP contribution < -0.4 is 10.1 Å². The Morgan fingerprint density at radius 3 is 2.57 bits per heavy atom. The van der Waals surface area contributed by atoms with Crippen LogP contribution in [0.2, 0.25) is 0 Å². The third-order valence-corrected chi connectivity index (χ3v) is 5.92. The molecule has 2 aliphatic rings. The molecule has 0 unspecified atom stereocenters. The quantitative estimate of drug-likeness (QED) is 0.417. The number of hydrogen-bond acceptors (Lipinski definition) is 6. The van der Waals surface area contributed by atoms with Gasteiger partial charge >= 0.3 is 12.0 Å². The molecule has 1 N–H and O–H groups in total. The van der Waals surface area contributed by atoms with Gasteiger partial charge in [0.2, 0.25) is 5.78 Å². The Kier molecular flexibility index (Phi) is 6.43. The van der Waals surface area contributed by atoms with Crippen LogP contribution in [0.5, 0.6) is 5.75 Å². The fraction of sp³-hybridized carbons (Fsp3) is 0.545. The van der Waals surface area contributed by atoms with Crippen LogP contribution in [0.25, 0.3) is 0 Å². The van der Waals surface area contributed by atoms with Crippen molar-refractivity contribution in [1.82, 2.24) is 10.2 Å². The lowest BCUT2D eigenvalue weighted by Crippen LogP contribution is -2.54. The Hall–Kier alpha value is -2.90. The van der Waals surface area contributed by atoms with Gasteiger partial charge in [0.1, 0.15) is 17.8 Å². The molecular weight excluding hydrogens is 388 g/mol. The molecule has 162 valence electrons. The Morgan fingerprint density at radius 1 is 1.23 bits per heavy atom. The van der Waals surface area contributed by atoms with Crippen LogP contribution in [0.3, 0.4) is 0 Å². The molecule has 30 heavy (non-hydrogen) atoms. The van der Waals surface area contributed by atoms with E-state index in [1.54, 1.807) is 24.3 Å². The van der Waals surface area contributed by atoms with Crippen molar-refractivity contribution in [3.8, 4) is 5.75 Å². The summed E-state index contributed by atoms with van der Waals surface area (Å²) in [6.45, 7) is 5.27. The highest BCUT2D eigenvalue weighted by atomic mass is 16.5. The highest BCUT2D eigenvalue weighted by molar-refractivity contribution is 6.09. The molecule has 1 saturated carbocycles. The number of esters is 1. The number of amides is 3. The van der Waals surface area contributed by atoms with Gasteiger partial charge in [0.15, 0.2) is 6.10 Å². The van der Waals surface area contributed by atoms with Crippen molar-refractivity contribution in [1.29, 1.82) is 0 Å². The number of carbonyl (C=O) groups excluding carboxylic acids is 4. The van der Waals surface area contributed by atoms with E-state index in [4.69, 9.17) is 9.47 Å². The van der Waals surface area contributed by atoms with Crippen LogP contribution in [0.15, 0.2) is 24.3 Å². The molecular formula is C22H28N2O6. The van der Waals surface area contributed by atoms with E-state index in [9.17, 15) is 19.2 Å². The second kappa shape index (κ2) is 8.85. The van der Waals surface area contributed by atoms with E-state index < -0.39 is 30.2 Å². The number of hydrogen-bond donors (Lipinski definition) is 1. The average Bonchev–Trinajstić information content (AvgIpc) is 2.95. The van der Waals surface area contributed by atoms with Crippen molar-refractivity contribution >= 4 is 23.7 Å². The Labute approximate surface area is 175 Å². The van der Waals surface area contributed by atoms with Gasteiger partial charge in [-0.05, 0) is 56.9 Å². The lowest BCUT2D eigenvalue weighted by Gasteiger charge is -2.36. The van der Waals surface area contributed by atoms with E-state index >= 15 is 0 Å². The third-order valence-electron chi connectivity index (χ3n) is 5.92. The molecule has 1 aromatic carbocycles. The molecule has 1 aliphatic carbocycles. The lowest BCUT2D eigenvalue weighted by atomic mass is 9.73. The second-order valence-electron chi connectivity index (χ2n) is 7.89. The van der Waals surface area contributed by atoms with Crippen LogP contribution in [-0.4, -0.2) is 53.4 Å². The van der Waals surface area contributed by atoms with Gasteiger partial charge in [-0.25, -0.2) is 4.79 Å². The van der Waals surface area contributed by atoms with Crippen molar-refractivity contribution in [3.63, 3.8) is 0 Å². The van der Waals surface area contributed by atoms with Gasteiger partial charge in [0, 0.05) is 5.56 Å². The zero-order chi connectivity index (χ0) is 21.9. The predicted octanol–water partition coefficient (Wildman–Crippen LogP) is 2.70. The molecule has 1 spiro atoms. The van der Waals surface area contributed by atoms with Crippen LogP contribution in [0, 0.1) is 5.92 Å². The number of carbonyl (C=O) groups is 4. The third kappa shape index (κ3) is 4.17. The van der Waals surface area contributed by atoms with Crippen LogP contribution in [0.4, 0.5) is 4.79 Å². The van der Waals surface area contributed by atoms with E-state index in [1.165, 1.54) is 6.92 Å². The summed E-state index contributed by atoms with van der Waals surface area (Å²) in [5.74, 6) is -0.916. The van der Waals surface area contributed by atoms with Crippen molar-refractivity contribution < 1.29 is 28.7 Å². The highest BCUT2D eigenvalue weighted by Crippen LogP contribution is 2.38. The second-order valence-corrected chi connectivity index (χ2v) is 7.89. The molecule has 8 heteroatoms. The molecule has 0 aromatic heterocycles. The maximum absolute atomic E-state index is 12.9. The SMILES string of the molecule is CCOc1ccc(C(=O)[C@@H](C)OC(=O)CN2C(=O)N[C@]3(CCCC[C@@H]3C)C2=O)cc1. The standard InChI is InChI=1S/C22H28N2O6/c1-4-29-17-10-8-16(9-11-17)19(26)15(3)30-18(25)13-24-20(27)22(23-21(24)28)12-6-5-7-14(22)2/h8-11,14-15H,4-7,12-13H2,1-3H3,(H,23,28)/t14-,15+,22-/m0/s1. The summed E-state index contributed by atoms with van der Waals surface area (Å²) in [5.41, 5.74) is -0.553. The minimum absolute atomic E-state index is 0.00359. The van der Waals surface area contributed by atoms with Crippen molar-refractivity contribution in [2.24, 2.45) is 5.92 Å². The van der Waals surface area contributed by atoms with Gasteiger partial charge in [-0.3, -0.25) is 19.3 Å². The summed E-state index contributed by atoms with van der Waals surface area (Å²) in [4.78, 5) is 51.1. The Balaban J connectivity index is 1.60. The summed E-state index contributed by atoms with van der Waals surface area (Å²) in [7, 11) is 0. The van der Waals surface area contributed by atoms with Crippen molar-refractivity contribution in [2.45, 2.75) is 58.1 Å². The Bertz CT molecular complexity index is 837. The largest absolute Gasteiger partial charge is 0.494 e. The molecule has 1 saturated heterocycles. The number of nitrogens with zero attached hydrogens (tertiary/aromatic N) is 1. The van der Waals surface area contributed by atoms with E-state index in [0.717, 1.165) is 24.2 Å². The van der Waals surface area contributed by atoms with Crippen LogP contribution in [-0.2, 0) is 14.3 Å². The van der Waals surface area contributed by atoms with E-state index in [1.807, 2.05) is 13.8 Å². The monoisotopic (exact) mass is 416 g/mol. The maximum atomic E-state index is 12.9. The number of urea groups is 1. The lowest BCUT2D eigenvalue weighted by molar-refractivity contribution is -0.150. The first-order valence-electron chi connectivity index (χ1n) is 10.4. The molecule has 3 atom stereocenters. The van der Waals surface area contributed by atoms with Gasteiger partial charge in [-0.2, -0.15) is 0 Å². The predicted molar refractivity (Wildman–Crippen MR) is 108 cm³/mol. The average molecular weight is 416 g/mol. The number of nitrogens with one attached hydrogen (secondary N) is 1. The highest BCUT2D eigenvalue weighted by Gasteiger charge is 2.55. The number of benzene rings is 1. The van der Waals surface area contributed by atoms with Gasteiger partial charge < -0.3 is 14.8 Å². The Morgan fingerprint density at radius 2 is 1.93 bits per heavy atom. The molecule has 8 nitrogen and oxygen atoms in total. The number of rotatable bonds is 7. The fourth-order valence-corrected chi connectivity index (χ4v) is 4.17. The maximum Gasteiger partial charge on any atom is 0.326 e. The van der Waals surface area contributed by atoms with Gasteiger partial charge in [-0.15, -0.1) is 0 Å². The summed E-state index contributed by atoms with van der Waals surface area (Å²) < 4.78 is 10.6. The molecule has 3 amide bonds. The van der Waals surface area contributed by atoms with Crippen LogP contribution >= 0.6 is 0 Å². The van der Waals surface area contributed by atoms with E-state index in [0.29, 0.717) is 24.3 Å². The summed E-state index contributed by atoms with van der Waals surface area (Å²) in [6, 6.07) is 5.95. The molecule has 3 rings (SSSR count). The van der Waals surface area contributed by atoms with Gasteiger partial charge in [0.05, 0.1) is 6.61 Å². The molecule has 0 radical (unpaired) electrons. The number of ketones is 1. The van der Waals surface area contributed by atoms with Crippen LogP contribution in [0.1, 0.15) is 56.8 Å². The first-order chi connectivity index (χ1) is 14.3. The summed E-state index contributed by atoms with van der Waals surface area (Å²) in [5, 5.41) is 2.79. The topological polar surface area (TPSA) is 102 Å². The number of Topliss-reactive ketones (excluding diaryl/α,β-unsaturated/α-hetero) is 1. The first kappa shape index (κ1) is 21.8. The zero-order valence-corrected chi connectivity index (χ0v) is 17.6. The normalized spacial score (nSPS) is 24.5. The first-order valence-corrected chi connectivity index (χ1v) is 10.4. The van der Waals surface area contributed by atoms with Crippen molar-refractivity contribution in [2.75, 3.05) is 13.2 Å². The zero-order valence-electron chi connectivity index (χ0n) is 17.6. The minimum Gasteiger partial charge on any atom is -0.494 e. The summed E-state index contributed by atoms with van der Waals surface area (Å²) in [6.07, 6.45) is 2.23. The van der Waals surface area contributed by atoms with Gasteiger partial charge in [-0.1, -0.05) is 19.8 Å². The van der Waals surface area contributed by atoms with Gasteiger partial charge in [0.25, 0.3) is 5.91 Å². The molecule has 2 fully saturated rings. The van der Waals surface area contributed by atoms with E-state index in [-0.39, 0.29) is 17.6 Å². The minimum atomic E-state index is -1.04. The molecule has 0 bridgehead atoms. The smallest absolute Gasteiger partial charge is 0.326 e. The fourth-order valence-electron chi connectivity index (χ4n) is 4.17. The number of imide groups is 1. The van der Waals surface area contributed by atoms with Crippen molar-refractivity contribution in [3.05, 3.63) is 29.8 Å².